The van der Waals surface area contributed by atoms with Crippen LogP contribution < -0.4 is 15.1 Å². The van der Waals surface area contributed by atoms with Crippen molar-refractivity contribution in [2.24, 2.45) is 0 Å². The summed E-state index contributed by atoms with van der Waals surface area (Å²) in [6, 6.07) is 11.0. The Morgan fingerprint density at radius 3 is 1.91 bits per heavy atom. The normalized spacial score (nSPS) is 19.7. The molecule has 180 valence electrons. The number of benzene rings is 2. The quantitative estimate of drug-likeness (QED) is 0.535. The topological polar surface area (TPSA) is 52.7 Å². The van der Waals surface area contributed by atoms with Crippen molar-refractivity contribution < 1.29 is 9.59 Å². The van der Waals surface area contributed by atoms with Crippen molar-refractivity contribution in [1.82, 2.24) is 5.32 Å². The lowest BCUT2D eigenvalue weighted by molar-refractivity contribution is -0.115. The molecule has 0 aromatic heterocycles. The van der Waals surface area contributed by atoms with E-state index < -0.39 is 0 Å². The number of fused-ring (bicyclic) bond motifs is 1. The highest BCUT2D eigenvalue weighted by Crippen LogP contribution is 2.50. The smallest absolute Gasteiger partial charge is 0.290 e. The van der Waals surface area contributed by atoms with Crippen LogP contribution in [0.1, 0.15) is 57.2 Å². The van der Waals surface area contributed by atoms with Gasteiger partial charge in [0.05, 0.1) is 4.91 Å². The van der Waals surface area contributed by atoms with E-state index in [1.165, 1.54) is 28.8 Å². The summed E-state index contributed by atoms with van der Waals surface area (Å²) in [6.45, 7) is 9.40. The minimum absolute atomic E-state index is 0.0985. The van der Waals surface area contributed by atoms with Gasteiger partial charge in [-0.15, -0.1) is 0 Å². The lowest BCUT2D eigenvalue weighted by Crippen LogP contribution is -2.34. The van der Waals surface area contributed by atoms with Crippen molar-refractivity contribution in [1.29, 1.82) is 0 Å². The Kier molecular flexibility index (Phi) is 6.09. The van der Waals surface area contributed by atoms with E-state index >= 15 is 0 Å². The molecule has 34 heavy (non-hydrogen) atoms. The summed E-state index contributed by atoms with van der Waals surface area (Å²) in [5.41, 5.74) is 8.55. The number of rotatable bonds is 4. The maximum absolute atomic E-state index is 12.1. The third kappa shape index (κ3) is 4.36. The molecule has 0 unspecified atom stereocenters. The Bertz CT molecular complexity index is 1210. The molecule has 1 heterocycles. The van der Waals surface area contributed by atoms with Crippen LogP contribution in [0.2, 0.25) is 0 Å². The maximum atomic E-state index is 12.1. The highest BCUT2D eigenvalue weighted by atomic mass is 32.2. The molecule has 2 aromatic rings. The second-order valence-corrected chi connectivity index (χ2v) is 12.1. The predicted octanol–water partition coefficient (Wildman–Crippen LogP) is 6.16. The first-order chi connectivity index (χ1) is 15.8. The van der Waals surface area contributed by atoms with E-state index in [0.717, 1.165) is 35.0 Å². The van der Waals surface area contributed by atoms with Crippen molar-refractivity contribution in [3.05, 3.63) is 51.9 Å². The molecule has 0 atom stereocenters. The van der Waals surface area contributed by atoms with E-state index in [1.54, 1.807) is 6.08 Å². The van der Waals surface area contributed by atoms with Gasteiger partial charge in [-0.3, -0.25) is 14.9 Å². The average Bonchev–Trinajstić information content (AvgIpc) is 3.07. The molecular formula is C28H35N3O2S. The van der Waals surface area contributed by atoms with E-state index in [0.29, 0.717) is 4.91 Å². The highest BCUT2D eigenvalue weighted by Gasteiger charge is 2.38. The highest BCUT2D eigenvalue weighted by molar-refractivity contribution is 8.18. The van der Waals surface area contributed by atoms with Gasteiger partial charge in [-0.1, -0.05) is 33.8 Å². The van der Waals surface area contributed by atoms with E-state index in [4.69, 9.17) is 0 Å². The molecule has 1 aliphatic heterocycles. The van der Waals surface area contributed by atoms with Crippen LogP contribution in [0.3, 0.4) is 0 Å². The Labute approximate surface area is 207 Å². The summed E-state index contributed by atoms with van der Waals surface area (Å²) < 4.78 is 0. The van der Waals surface area contributed by atoms with Crippen LogP contribution in [0.5, 0.6) is 0 Å². The number of nitrogens with zero attached hydrogens (tertiary/aromatic N) is 2. The number of anilines is 2. The number of hydrogen-bond acceptors (Lipinski definition) is 5. The molecule has 0 bridgehead atoms. The monoisotopic (exact) mass is 477 g/mol. The zero-order chi connectivity index (χ0) is 25.0. The summed E-state index contributed by atoms with van der Waals surface area (Å²) in [6.07, 6.45) is 4.12. The average molecular weight is 478 g/mol. The third-order valence-corrected chi connectivity index (χ3v) is 7.99. The summed E-state index contributed by atoms with van der Waals surface area (Å²) >= 11 is 0.950. The molecule has 2 aromatic carbocycles. The van der Waals surface area contributed by atoms with E-state index in [9.17, 15) is 9.59 Å². The molecule has 0 saturated carbocycles. The molecule has 1 aliphatic carbocycles. The first-order valence-corrected chi connectivity index (χ1v) is 12.5. The first-order valence-electron chi connectivity index (χ1n) is 11.7. The number of hydrogen-bond donors (Lipinski definition) is 1. The zero-order valence-electron chi connectivity index (χ0n) is 21.5. The fourth-order valence-corrected chi connectivity index (χ4v) is 5.69. The van der Waals surface area contributed by atoms with Gasteiger partial charge in [0.1, 0.15) is 0 Å². The van der Waals surface area contributed by atoms with E-state index in [-0.39, 0.29) is 22.0 Å². The first kappa shape index (κ1) is 24.4. The zero-order valence-corrected chi connectivity index (χ0v) is 22.3. The fourth-order valence-electron chi connectivity index (χ4n) is 5.01. The second kappa shape index (κ2) is 8.49. The van der Waals surface area contributed by atoms with Crippen molar-refractivity contribution in [2.75, 3.05) is 38.0 Å². The van der Waals surface area contributed by atoms with Crippen LogP contribution in [0, 0.1) is 0 Å². The van der Waals surface area contributed by atoms with Crippen molar-refractivity contribution >= 4 is 40.4 Å². The number of nitrogens with one attached hydrogen (secondary N) is 1. The number of carbonyl (C=O) groups excluding carboxylic acids is 2. The number of thioether (sulfide) groups is 1. The molecule has 2 amide bonds. The summed E-state index contributed by atoms with van der Waals surface area (Å²) in [5.74, 6) is -0.333. The fraction of sp³-hybridized carbons (Fsp3) is 0.429. The van der Waals surface area contributed by atoms with Gasteiger partial charge in [0.2, 0.25) is 0 Å². The van der Waals surface area contributed by atoms with Gasteiger partial charge in [-0.05, 0) is 82.5 Å². The molecule has 4 rings (SSSR count). The van der Waals surface area contributed by atoms with Crippen LogP contribution in [0.4, 0.5) is 16.2 Å². The van der Waals surface area contributed by atoms with Crippen molar-refractivity contribution in [2.45, 2.75) is 51.4 Å². The molecule has 0 spiro atoms. The number of amides is 2. The SMILES string of the molecule is CN(C)c1ccc(/C=C2\SC(=O)NC2=O)cc1-c1cc2c(cc1N(C)C)C(C)(C)CCC2(C)C. The Morgan fingerprint density at radius 2 is 1.38 bits per heavy atom. The van der Waals surface area contributed by atoms with Crippen LogP contribution in [0.15, 0.2) is 35.2 Å². The molecule has 2 aliphatic rings. The second-order valence-electron chi connectivity index (χ2n) is 11.1. The molecule has 0 radical (unpaired) electrons. The van der Waals surface area contributed by atoms with Gasteiger partial charge in [-0.2, -0.15) is 0 Å². The lowest BCUT2D eigenvalue weighted by Gasteiger charge is -2.43. The minimum atomic E-state index is -0.333. The van der Waals surface area contributed by atoms with Crippen LogP contribution in [-0.2, 0) is 15.6 Å². The van der Waals surface area contributed by atoms with Gasteiger partial charge in [-0.25, -0.2) is 0 Å². The predicted molar refractivity (Wildman–Crippen MR) is 145 cm³/mol. The number of carbonyl (C=O) groups is 2. The summed E-state index contributed by atoms with van der Waals surface area (Å²) in [5, 5.41) is 2.02. The largest absolute Gasteiger partial charge is 0.377 e. The Hall–Kier alpha value is -2.73. The van der Waals surface area contributed by atoms with Crippen molar-refractivity contribution in [3.8, 4) is 11.1 Å². The summed E-state index contributed by atoms with van der Waals surface area (Å²) in [4.78, 5) is 28.5. The Morgan fingerprint density at radius 1 is 0.824 bits per heavy atom. The standard InChI is InChI=1S/C28H35N3O2S/c1-27(2)11-12-28(3,4)21-16-23(31(7)8)19(15-20(21)27)18-13-17(9-10-22(18)30(5)6)14-24-25(32)29-26(33)34-24/h9-10,13-16H,11-12H2,1-8H3,(H,29,32,33)/b24-14-. The molecule has 1 saturated heterocycles. The summed E-state index contributed by atoms with van der Waals surface area (Å²) in [7, 11) is 8.30. The third-order valence-electron chi connectivity index (χ3n) is 7.18. The van der Waals surface area contributed by atoms with Gasteiger partial charge < -0.3 is 9.80 Å². The molecule has 6 heteroatoms. The van der Waals surface area contributed by atoms with E-state index in [1.807, 2.05) is 6.07 Å². The maximum Gasteiger partial charge on any atom is 0.290 e. The molecule has 1 fully saturated rings. The van der Waals surface area contributed by atoms with Crippen LogP contribution in [0.25, 0.3) is 17.2 Å². The lowest BCUT2D eigenvalue weighted by atomic mass is 9.62. The molecular weight excluding hydrogens is 442 g/mol. The molecule has 1 N–H and O–H groups in total. The van der Waals surface area contributed by atoms with Crippen molar-refractivity contribution in [3.63, 3.8) is 0 Å². The van der Waals surface area contributed by atoms with Gasteiger partial charge in [0.25, 0.3) is 11.1 Å². The van der Waals surface area contributed by atoms with Gasteiger partial charge in [0, 0.05) is 50.7 Å². The minimum Gasteiger partial charge on any atom is -0.377 e. The van der Waals surface area contributed by atoms with Crippen LogP contribution >= 0.6 is 11.8 Å². The Balaban J connectivity index is 1.97. The van der Waals surface area contributed by atoms with Crippen LogP contribution in [-0.4, -0.2) is 39.3 Å². The van der Waals surface area contributed by atoms with E-state index in [2.05, 4.69) is 95.3 Å². The number of imide groups is 1. The van der Waals surface area contributed by atoms with Gasteiger partial charge >= 0.3 is 0 Å². The molecule has 5 nitrogen and oxygen atoms in total. The van der Waals surface area contributed by atoms with Gasteiger partial charge in [0.15, 0.2) is 0 Å².